The molecule has 0 radical (unpaired) electrons. The fourth-order valence-electron chi connectivity index (χ4n) is 4.20. The van der Waals surface area contributed by atoms with Gasteiger partial charge in [0.1, 0.15) is 5.75 Å². The highest BCUT2D eigenvalue weighted by molar-refractivity contribution is 7.98. The molecule has 0 aliphatic carbocycles. The molecule has 2 heterocycles. The third-order valence-corrected chi connectivity index (χ3v) is 6.73. The lowest BCUT2D eigenvalue weighted by Gasteiger charge is -2.21. The van der Waals surface area contributed by atoms with Crippen LogP contribution < -0.4 is 10.3 Å². The van der Waals surface area contributed by atoms with E-state index in [2.05, 4.69) is 0 Å². The Morgan fingerprint density at radius 3 is 2.65 bits per heavy atom. The van der Waals surface area contributed by atoms with Gasteiger partial charge in [-0.2, -0.15) is 0 Å². The third-order valence-electron chi connectivity index (χ3n) is 5.75. The Hall–Kier alpha value is -3.69. The van der Waals surface area contributed by atoms with Crippen molar-refractivity contribution < 1.29 is 14.4 Å². The molecule has 4 aromatic rings. The molecule has 9 heteroatoms. The van der Waals surface area contributed by atoms with Crippen LogP contribution >= 0.6 is 11.8 Å². The lowest BCUT2D eigenvalue weighted by atomic mass is 10.1. The molecule has 0 N–H and O–H groups in total. The van der Waals surface area contributed by atoms with Crippen molar-refractivity contribution in [1.82, 2.24) is 9.55 Å². The predicted octanol–water partition coefficient (Wildman–Crippen LogP) is 5.07. The molecular weight excluding hydrogens is 454 g/mol. The summed E-state index contributed by atoms with van der Waals surface area (Å²) in [4.78, 5) is 29.5. The number of ether oxygens (including phenoxy) is 2. The minimum atomic E-state index is -0.427. The Balaban J connectivity index is 1.65. The molecule has 1 aromatic heterocycles. The summed E-state index contributed by atoms with van der Waals surface area (Å²) < 4.78 is 12.6. The normalized spacial score (nSPS) is 12.9. The molecule has 3 aromatic carbocycles. The Kier molecular flexibility index (Phi) is 5.80. The number of para-hydroxylation sites is 2. The predicted molar refractivity (Wildman–Crippen MR) is 130 cm³/mol. The van der Waals surface area contributed by atoms with Crippen LogP contribution in [-0.4, -0.2) is 21.3 Å². The van der Waals surface area contributed by atoms with Gasteiger partial charge < -0.3 is 9.47 Å². The molecule has 34 heavy (non-hydrogen) atoms. The summed E-state index contributed by atoms with van der Waals surface area (Å²) in [5.41, 5.74) is 4.41. The minimum Gasteiger partial charge on any atom is -0.467 e. The summed E-state index contributed by atoms with van der Waals surface area (Å²) in [6.07, 6.45) is 0. The molecule has 0 amide bonds. The second kappa shape index (κ2) is 8.92. The summed E-state index contributed by atoms with van der Waals surface area (Å²) >= 11 is 1.34. The first-order valence-electron chi connectivity index (χ1n) is 10.7. The number of hydrogen-bond acceptors (Lipinski definition) is 7. The van der Waals surface area contributed by atoms with Crippen molar-refractivity contribution in [3.8, 4) is 11.4 Å². The lowest BCUT2D eigenvalue weighted by Crippen LogP contribution is -2.23. The largest absolute Gasteiger partial charge is 0.467 e. The number of rotatable bonds is 5. The van der Waals surface area contributed by atoms with Crippen LogP contribution in [0.5, 0.6) is 5.75 Å². The molecule has 8 nitrogen and oxygen atoms in total. The number of hydrogen-bond donors (Lipinski definition) is 0. The van der Waals surface area contributed by atoms with E-state index < -0.39 is 4.92 Å². The van der Waals surface area contributed by atoms with Crippen LogP contribution in [0.1, 0.15) is 22.3 Å². The summed E-state index contributed by atoms with van der Waals surface area (Å²) in [5.74, 6) is 0.922. The zero-order valence-corrected chi connectivity index (χ0v) is 19.4. The molecule has 172 valence electrons. The zero-order valence-electron chi connectivity index (χ0n) is 18.6. The fourth-order valence-corrected chi connectivity index (χ4v) is 5.17. The molecule has 0 spiro atoms. The topological polar surface area (TPSA) is 96.5 Å². The quantitative estimate of drug-likeness (QED) is 0.172. The molecule has 1 aliphatic rings. The van der Waals surface area contributed by atoms with Crippen molar-refractivity contribution in [3.05, 3.63) is 97.3 Å². The van der Waals surface area contributed by atoms with E-state index in [1.807, 2.05) is 50.2 Å². The van der Waals surface area contributed by atoms with Crippen molar-refractivity contribution in [3.63, 3.8) is 0 Å². The van der Waals surface area contributed by atoms with E-state index in [-0.39, 0.29) is 24.6 Å². The average Bonchev–Trinajstić information content (AvgIpc) is 2.83. The zero-order chi connectivity index (χ0) is 23.8. The molecule has 0 fully saturated rings. The number of aromatic nitrogens is 2. The molecule has 0 unspecified atom stereocenters. The first-order chi connectivity index (χ1) is 16.4. The number of nitrogens with zero attached hydrogens (tertiary/aromatic N) is 3. The second-order valence-electron chi connectivity index (χ2n) is 8.04. The standard InChI is InChI=1S/C25H21N3O5S/c1-15-6-5-7-16(2)22(15)27-24(29)20-8-3-4-9-21(20)26-25(27)34-13-18-11-19(28(30)31)10-17-12-32-14-33-23(17)18/h3-11H,12-14H2,1-2H3. The van der Waals surface area contributed by atoms with E-state index in [9.17, 15) is 14.9 Å². The van der Waals surface area contributed by atoms with Gasteiger partial charge in [-0.25, -0.2) is 4.98 Å². The van der Waals surface area contributed by atoms with Crippen molar-refractivity contribution >= 4 is 28.4 Å². The van der Waals surface area contributed by atoms with Gasteiger partial charge in [0, 0.05) is 29.0 Å². The molecular formula is C25H21N3O5S. The van der Waals surface area contributed by atoms with Crippen LogP contribution in [0, 0.1) is 24.0 Å². The second-order valence-corrected chi connectivity index (χ2v) is 8.98. The number of fused-ring (bicyclic) bond motifs is 2. The summed E-state index contributed by atoms with van der Waals surface area (Å²) in [6, 6.07) is 16.1. The maximum atomic E-state index is 13.6. The number of thioether (sulfide) groups is 1. The maximum Gasteiger partial charge on any atom is 0.270 e. The number of nitro groups is 1. The van der Waals surface area contributed by atoms with Crippen LogP contribution in [0.2, 0.25) is 0 Å². The van der Waals surface area contributed by atoms with E-state index in [4.69, 9.17) is 14.5 Å². The first-order valence-corrected chi connectivity index (χ1v) is 11.6. The van der Waals surface area contributed by atoms with Gasteiger partial charge in [0.15, 0.2) is 11.9 Å². The van der Waals surface area contributed by atoms with Crippen molar-refractivity contribution in [2.75, 3.05) is 6.79 Å². The van der Waals surface area contributed by atoms with E-state index in [0.717, 1.165) is 16.8 Å². The Morgan fingerprint density at radius 1 is 1.12 bits per heavy atom. The Labute approximate surface area is 199 Å². The van der Waals surface area contributed by atoms with Gasteiger partial charge in [-0.05, 0) is 37.1 Å². The van der Waals surface area contributed by atoms with Gasteiger partial charge in [-0.15, -0.1) is 0 Å². The highest BCUT2D eigenvalue weighted by Gasteiger charge is 2.22. The summed E-state index contributed by atoms with van der Waals surface area (Å²) in [7, 11) is 0. The average molecular weight is 476 g/mol. The van der Waals surface area contributed by atoms with Crippen LogP contribution in [-0.2, 0) is 17.1 Å². The monoisotopic (exact) mass is 475 g/mol. The lowest BCUT2D eigenvalue weighted by molar-refractivity contribution is -0.385. The van der Waals surface area contributed by atoms with Gasteiger partial charge in [0.2, 0.25) is 0 Å². The van der Waals surface area contributed by atoms with E-state index in [1.165, 1.54) is 23.9 Å². The van der Waals surface area contributed by atoms with Crippen LogP contribution in [0.3, 0.4) is 0 Å². The van der Waals surface area contributed by atoms with Crippen molar-refractivity contribution in [1.29, 1.82) is 0 Å². The number of aryl methyl sites for hydroxylation is 2. The number of non-ortho nitro benzene ring substituents is 1. The van der Waals surface area contributed by atoms with Gasteiger partial charge >= 0.3 is 0 Å². The fraction of sp³-hybridized carbons (Fsp3) is 0.200. The van der Waals surface area contributed by atoms with E-state index >= 15 is 0 Å². The van der Waals surface area contributed by atoms with Gasteiger partial charge in [0.25, 0.3) is 11.2 Å². The summed E-state index contributed by atoms with van der Waals surface area (Å²) in [5, 5.41) is 12.5. The summed E-state index contributed by atoms with van der Waals surface area (Å²) in [6.45, 7) is 4.26. The third kappa shape index (κ3) is 3.93. The number of benzene rings is 3. The molecule has 0 atom stereocenters. The minimum absolute atomic E-state index is 0.0259. The Bertz CT molecular complexity index is 1480. The van der Waals surface area contributed by atoms with Crippen molar-refractivity contribution in [2.45, 2.75) is 31.4 Å². The highest BCUT2D eigenvalue weighted by Crippen LogP contribution is 2.36. The molecule has 0 bridgehead atoms. The van der Waals surface area contributed by atoms with Gasteiger partial charge in [-0.1, -0.05) is 42.1 Å². The highest BCUT2D eigenvalue weighted by atomic mass is 32.2. The number of nitro benzene ring substituents is 1. The van der Waals surface area contributed by atoms with Crippen LogP contribution in [0.25, 0.3) is 16.6 Å². The Morgan fingerprint density at radius 2 is 1.88 bits per heavy atom. The smallest absolute Gasteiger partial charge is 0.270 e. The van der Waals surface area contributed by atoms with E-state index in [1.54, 1.807) is 10.6 Å². The van der Waals surface area contributed by atoms with Gasteiger partial charge in [-0.3, -0.25) is 19.5 Å². The molecule has 1 aliphatic heterocycles. The molecule has 0 saturated heterocycles. The van der Waals surface area contributed by atoms with Crippen LogP contribution in [0.15, 0.2) is 64.5 Å². The van der Waals surface area contributed by atoms with Crippen molar-refractivity contribution in [2.24, 2.45) is 0 Å². The van der Waals surface area contributed by atoms with Gasteiger partial charge in [0.05, 0.1) is 28.1 Å². The SMILES string of the molecule is Cc1cccc(C)c1-n1c(SCc2cc([N+](=O)[O-])cc3c2OCOC3)nc2ccccc2c1=O. The maximum absolute atomic E-state index is 13.6. The molecule has 0 saturated carbocycles. The first kappa shape index (κ1) is 22.1. The molecule has 5 rings (SSSR count). The van der Waals surface area contributed by atoms with Crippen LogP contribution in [0.4, 0.5) is 5.69 Å². The van der Waals surface area contributed by atoms with E-state index in [0.29, 0.717) is 38.7 Å².